The van der Waals surface area contributed by atoms with Crippen molar-refractivity contribution >= 4 is 11.9 Å². The molecule has 0 saturated heterocycles. The predicted molar refractivity (Wildman–Crippen MR) is 109 cm³/mol. The van der Waals surface area contributed by atoms with Crippen LogP contribution < -0.4 is 0 Å². The van der Waals surface area contributed by atoms with Gasteiger partial charge in [-0.15, -0.1) is 0 Å². The first-order chi connectivity index (χ1) is 13.0. The van der Waals surface area contributed by atoms with E-state index >= 15 is 0 Å². The van der Waals surface area contributed by atoms with Crippen molar-refractivity contribution in [1.82, 2.24) is 0 Å². The van der Waals surface area contributed by atoms with Crippen LogP contribution in [0.25, 0.3) is 0 Å². The molecule has 0 aromatic rings. The number of hydrogen-bond acceptors (Lipinski definition) is 4. The van der Waals surface area contributed by atoms with E-state index in [2.05, 4.69) is 20.8 Å². The van der Waals surface area contributed by atoms with Crippen LogP contribution in [0.2, 0.25) is 0 Å². The molecular weight excluding hydrogens is 340 g/mol. The van der Waals surface area contributed by atoms with Crippen LogP contribution in [-0.4, -0.2) is 25.2 Å². The molecule has 4 heteroatoms. The second-order valence-corrected chi connectivity index (χ2v) is 8.54. The van der Waals surface area contributed by atoms with Crippen molar-refractivity contribution < 1.29 is 19.1 Å². The Labute approximate surface area is 166 Å². The van der Waals surface area contributed by atoms with Crippen molar-refractivity contribution in [1.29, 1.82) is 0 Å². The van der Waals surface area contributed by atoms with Crippen molar-refractivity contribution in [2.45, 2.75) is 104 Å². The quantitative estimate of drug-likeness (QED) is 0.270. The minimum atomic E-state index is -0.0709. The van der Waals surface area contributed by atoms with Crippen LogP contribution in [0.1, 0.15) is 104 Å². The van der Waals surface area contributed by atoms with Crippen LogP contribution in [0.15, 0.2) is 0 Å². The number of esters is 2. The molecule has 1 aliphatic rings. The molecule has 0 amide bonds. The highest BCUT2D eigenvalue weighted by atomic mass is 16.5. The largest absolute Gasteiger partial charge is 0.465 e. The Hall–Kier alpha value is -1.06. The summed E-state index contributed by atoms with van der Waals surface area (Å²) >= 11 is 0. The van der Waals surface area contributed by atoms with E-state index in [0.29, 0.717) is 19.1 Å². The average Bonchev–Trinajstić information content (AvgIpc) is 2.66. The lowest BCUT2D eigenvalue weighted by atomic mass is 9.82. The Morgan fingerprint density at radius 1 is 0.741 bits per heavy atom. The molecule has 0 spiro atoms. The Morgan fingerprint density at radius 2 is 1.19 bits per heavy atom. The van der Waals surface area contributed by atoms with Crippen LogP contribution in [0.5, 0.6) is 0 Å². The van der Waals surface area contributed by atoms with Gasteiger partial charge in [0.2, 0.25) is 0 Å². The summed E-state index contributed by atoms with van der Waals surface area (Å²) in [4.78, 5) is 24.3. The third-order valence-electron chi connectivity index (χ3n) is 5.56. The Kier molecular flexibility index (Phi) is 13.3. The fourth-order valence-electron chi connectivity index (χ4n) is 3.68. The molecule has 0 atom stereocenters. The van der Waals surface area contributed by atoms with E-state index in [0.717, 1.165) is 51.4 Å². The summed E-state index contributed by atoms with van der Waals surface area (Å²) in [6.45, 7) is 7.71. The van der Waals surface area contributed by atoms with Gasteiger partial charge in [0.1, 0.15) is 0 Å². The van der Waals surface area contributed by atoms with Crippen LogP contribution in [0, 0.1) is 17.8 Å². The molecule has 1 fully saturated rings. The smallest absolute Gasteiger partial charge is 0.308 e. The van der Waals surface area contributed by atoms with Gasteiger partial charge in [-0.25, -0.2) is 0 Å². The summed E-state index contributed by atoms with van der Waals surface area (Å²) in [5.41, 5.74) is 0. The summed E-state index contributed by atoms with van der Waals surface area (Å²) in [6.07, 6.45) is 13.4. The fourth-order valence-corrected chi connectivity index (χ4v) is 3.68. The van der Waals surface area contributed by atoms with Crippen LogP contribution in [-0.2, 0) is 19.1 Å². The summed E-state index contributed by atoms with van der Waals surface area (Å²) < 4.78 is 10.9. The van der Waals surface area contributed by atoms with E-state index < -0.39 is 0 Å². The minimum absolute atomic E-state index is 0.0276. The van der Waals surface area contributed by atoms with E-state index in [9.17, 15) is 9.59 Å². The van der Waals surface area contributed by atoms with Gasteiger partial charge in [-0.05, 0) is 50.9 Å². The van der Waals surface area contributed by atoms with Crippen molar-refractivity contribution in [3.05, 3.63) is 0 Å². The monoisotopic (exact) mass is 382 g/mol. The predicted octanol–water partition coefficient (Wildman–Crippen LogP) is 6.07. The topological polar surface area (TPSA) is 52.6 Å². The lowest BCUT2D eigenvalue weighted by Crippen LogP contribution is -2.28. The maximum absolute atomic E-state index is 12.2. The summed E-state index contributed by atoms with van der Waals surface area (Å²) in [7, 11) is 0. The van der Waals surface area contributed by atoms with Gasteiger partial charge in [0.15, 0.2) is 0 Å². The van der Waals surface area contributed by atoms with Gasteiger partial charge in [-0.2, -0.15) is 0 Å². The summed E-state index contributed by atoms with van der Waals surface area (Å²) in [6, 6.07) is 0. The number of carbonyl (C=O) groups excluding carboxylic acids is 2. The third-order valence-corrected chi connectivity index (χ3v) is 5.56. The molecule has 1 saturated carbocycles. The zero-order chi connectivity index (χ0) is 19.9. The van der Waals surface area contributed by atoms with E-state index in [1.54, 1.807) is 0 Å². The Morgan fingerprint density at radius 3 is 1.67 bits per heavy atom. The average molecular weight is 383 g/mol. The van der Waals surface area contributed by atoms with Gasteiger partial charge >= 0.3 is 11.9 Å². The third kappa shape index (κ3) is 11.4. The van der Waals surface area contributed by atoms with Crippen LogP contribution in [0.4, 0.5) is 0 Å². The van der Waals surface area contributed by atoms with Gasteiger partial charge in [-0.1, -0.05) is 59.3 Å². The van der Waals surface area contributed by atoms with Crippen molar-refractivity contribution in [2.75, 3.05) is 13.2 Å². The lowest BCUT2D eigenvalue weighted by molar-refractivity contribution is -0.155. The normalized spacial score (nSPS) is 19.9. The van der Waals surface area contributed by atoms with E-state index in [-0.39, 0.29) is 23.8 Å². The summed E-state index contributed by atoms with van der Waals surface area (Å²) in [5, 5.41) is 0. The number of carbonyl (C=O) groups is 2. The first kappa shape index (κ1) is 24.0. The number of ether oxygens (including phenoxy) is 2. The first-order valence-corrected chi connectivity index (χ1v) is 11.4. The van der Waals surface area contributed by atoms with Gasteiger partial charge < -0.3 is 9.47 Å². The zero-order valence-electron chi connectivity index (χ0n) is 18.0. The van der Waals surface area contributed by atoms with E-state index in [1.807, 2.05) is 0 Å². The van der Waals surface area contributed by atoms with Gasteiger partial charge in [0.05, 0.1) is 25.0 Å². The maximum Gasteiger partial charge on any atom is 0.308 e. The highest BCUT2D eigenvalue weighted by molar-refractivity contribution is 5.75. The molecule has 158 valence electrons. The molecule has 0 radical (unpaired) electrons. The highest BCUT2D eigenvalue weighted by Gasteiger charge is 2.31. The second kappa shape index (κ2) is 14.9. The van der Waals surface area contributed by atoms with Crippen LogP contribution >= 0.6 is 0 Å². The molecule has 27 heavy (non-hydrogen) atoms. The molecule has 0 aromatic carbocycles. The maximum atomic E-state index is 12.2. The van der Waals surface area contributed by atoms with Crippen LogP contribution in [0.3, 0.4) is 0 Å². The number of hydrogen-bond donors (Lipinski definition) is 0. The Bertz CT molecular complexity index is 397. The minimum Gasteiger partial charge on any atom is -0.465 e. The molecule has 4 nitrogen and oxygen atoms in total. The zero-order valence-corrected chi connectivity index (χ0v) is 18.0. The van der Waals surface area contributed by atoms with E-state index in [1.165, 1.54) is 32.1 Å². The van der Waals surface area contributed by atoms with Gasteiger partial charge in [0, 0.05) is 0 Å². The molecular formula is C23H42O4. The molecule has 0 bridgehead atoms. The Balaban J connectivity index is 2.07. The number of unbranched alkanes of at least 4 members (excludes halogenated alkanes) is 6. The highest BCUT2D eigenvalue weighted by Crippen LogP contribution is 2.30. The molecule has 0 aromatic heterocycles. The molecule has 0 aliphatic heterocycles. The molecule has 1 aliphatic carbocycles. The van der Waals surface area contributed by atoms with Crippen molar-refractivity contribution in [2.24, 2.45) is 17.8 Å². The standard InChI is InChI=1S/C23H42O4/c1-4-5-6-7-8-10-17-26-22(24)20-13-15-21(16-14-20)23(25)27-18-11-9-12-19(2)3/h19-21H,4-18H2,1-3H3. The molecule has 0 unspecified atom stereocenters. The molecule has 1 rings (SSSR count). The second-order valence-electron chi connectivity index (χ2n) is 8.54. The molecule has 0 N–H and O–H groups in total. The van der Waals surface area contributed by atoms with Gasteiger partial charge in [0.25, 0.3) is 0 Å². The first-order valence-electron chi connectivity index (χ1n) is 11.4. The van der Waals surface area contributed by atoms with Gasteiger partial charge in [-0.3, -0.25) is 9.59 Å². The molecule has 0 heterocycles. The SMILES string of the molecule is CCCCCCCCOC(=O)C1CCC(C(=O)OCCCCC(C)C)CC1. The lowest BCUT2D eigenvalue weighted by Gasteiger charge is -2.26. The van der Waals surface area contributed by atoms with Crippen molar-refractivity contribution in [3.8, 4) is 0 Å². The summed E-state index contributed by atoms with van der Waals surface area (Å²) in [5.74, 6) is 0.511. The van der Waals surface area contributed by atoms with Crippen molar-refractivity contribution in [3.63, 3.8) is 0 Å². The number of rotatable bonds is 14. The van der Waals surface area contributed by atoms with E-state index in [4.69, 9.17) is 9.47 Å². The fraction of sp³-hybridized carbons (Fsp3) is 0.913.